The molecule has 2 aromatic carbocycles. The van der Waals surface area contributed by atoms with Gasteiger partial charge in [0.2, 0.25) is 0 Å². The van der Waals surface area contributed by atoms with Gasteiger partial charge in [0, 0.05) is 31.5 Å². The van der Waals surface area contributed by atoms with Gasteiger partial charge in [-0.25, -0.2) is 0 Å². The van der Waals surface area contributed by atoms with E-state index in [1.54, 1.807) is 0 Å². The number of fused-ring (bicyclic) bond motifs is 1. The molecule has 1 atom stereocenters. The van der Waals surface area contributed by atoms with E-state index in [-0.39, 0.29) is 6.04 Å². The largest absolute Gasteiger partial charge is 0.494 e. The van der Waals surface area contributed by atoms with Crippen LogP contribution >= 0.6 is 0 Å². The summed E-state index contributed by atoms with van der Waals surface area (Å²) in [6, 6.07) is 22.3. The first kappa shape index (κ1) is 17.9. The van der Waals surface area contributed by atoms with Gasteiger partial charge in [-0.1, -0.05) is 42.0 Å². The van der Waals surface area contributed by atoms with E-state index >= 15 is 0 Å². The van der Waals surface area contributed by atoms with E-state index in [1.807, 2.05) is 6.92 Å². The minimum Gasteiger partial charge on any atom is -0.494 e. The van der Waals surface area contributed by atoms with Gasteiger partial charge in [-0.2, -0.15) is 0 Å². The first-order valence-electron chi connectivity index (χ1n) is 9.92. The van der Waals surface area contributed by atoms with Gasteiger partial charge >= 0.3 is 0 Å². The SMILES string of the molecule is CCOc1ccc(CN2CCCn3cccc3C2c2cccc(C)c2)cc1. The summed E-state index contributed by atoms with van der Waals surface area (Å²) in [5.41, 5.74) is 5.42. The molecule has 0 amide bonds. The fraction of sp³-hybridized carbons (Fsp3) is 0.333. The number of aryl methyl sites for hydroxylation is 2. The van der Waals surface area contributed by atoms with Crippen molar-refractivity contribution >= 4 is 0 Å². The zero-order chi connectivity index (χ0) is 18.6. The Morgan fingerprint density at radius 3 is 2.63 bits per heavy atom. The molecule has 1 aromatic heterocycles. The van der Waals surface area contributed by atoms with Crippen molar-refractivity contribution in [3.63, 3.8) is 0 Å². The van der Waals surface area contributed by atoms with Gasteiger partial charge in [0.25, 0.3) is 0 Å². The quantitative estimate of drug-likeness (QED) is 0.623. The Balaban J connectivity index is 1.66. The van der Waals surface area contributed by atoms with Crippen molar-refractivity contribution in [2.24, 2.45) is 0 Å². The monoisotopic (exact) mass is 360 g/mol. The van der Waals surface area contributed by atoms with Gasteiger partial charge in [-0.3, -0.25) is 4.90 Å². The van der Waals surface area contributed by atoms with Crippen LogP contribution in [0.5, 0.6) is 5.75 Å². The lowest BCUT2D eigenvalue weighted by molar-refractivity contribution is 0.220. The smallest absolute Gasteiger partial charge is 0.119 e. The van der Waals surface area contributed by atoms with Gasteiger partial charge < -0.3 is 9.30 Å². The predicted octanol–water partition coefficient (Wildman–Crippen LogP) is 5.19. The van der Waals surface area contributed by atoms with E-state index in [0.29, 0.717) is 6.61 Å². The fourth-order valence-corrected chi connectivity index (χ4v) is 4.12. The van der Waals surface area contributed by atoms with Crippen LogP contribution in [0.4, 0.5) is 0 Å². The summed E-state index contributed by atoms with van der Waals surface area (Å²) < 4.78 is 8.02. The second-order valence-corrected chi connectivity index (χ2v) is 7.34. The number of rotatable bonds is 5. The normalized spacial score (nSPS) is 17.3. The van der Waals surface area contributed by atoms with Crippen molar-refractivity contribution in [1.82, 2.24) is 9.47 Å². The molecule has 0 fully saturated rings. The van der Waals surface area contributed by atoms with Crippen LogP contribution in [0.1, 0.15) is 41.8 Å². The highest BCUT2D eigenvalue weighted by Gasteiger charge is 2.27. The lowest BCUT2D eigenvalue weighted by atomic mass is 9.99. The molecule has 140 valence electrons. The van der Waals surface area contributed by atoms with E-state index < -0.39 is 0 Å². The Kier molecular flexibility index (Phi) is 5.30. The summed E-state index contributed by atoms with van der Waals surface area (Å²) in [4.78, 5) is 2.61. The molecule has 3 aromatic rings. The van der Waals surface area contributed by atoms with Crippen LogP contribution in [0.25, 0.3) is 0 Å². The number of ether oxygens (including phenoxy) is 1. The molecule has 0 saturated heterocycles. The summed E-state index contributed by atoms with van der Waals surface area (Å²) in [6.45, 7) is 8.02. The second-order valence-electron chi connectivity index (χ2n) is 7.34. The molecular formula is C24H28N2O. The summed E-state index contributed by atoms with van der Waals surface area (Å²) in [6.07, 6.45) is 3.39. The molecule has 0 bridgehead atoms. The number of nitrogens with zero attached hydrogens (tertiary/aromatic N) is 2. The molecule has 2 heterocycles. The van der Waals surface area contributed by atoms with Crippen LogP contribution in [0.15, 0.2) is 66.9 Å². The first-order valence-corrected chi connectivity index (χ1v) is 9.92. The average Bonchev–Trinajstić information content (AvgIpc) is 3.05. The molecule has 0 spiro atoms. The summed E-state index contributed by atoms with van der Waals surface area (Å²) in [5, 5.41) is 0. The maximum absolute atomic E-state index is 5.59. The molecular weight excluding hydrogens is 332 g/mol. The molecule has 0 radical (unpaired) electrons. The van der Waals surface area contributed by atoms with Crippen molar-refractivity contribution in [2.45, 2.75) is 39.4 Å². The summed E-state index contributed by atoms with van der Waals surface area (Å²) in [7, 11) is 0. The second kappa shape index (κ2) is 8.01. The molecule has 27 heavy (non-hydrogen) atoms. The van der Waals surface area contributed by atoms with Gasteiger partial charge in [0.1, 0.15) is 5.75 Å². The van der Waals surface area contributed by atoms with E-state index in [2.05, 4.69) is 83.3 Å². The third-order valence-corrected chi connectivity index (χ3v) is 5.33. The van der Waals surface area contributed by atoms with Crippen LogP contribution in [0.3, 0.4) is 0 Å². The van der Waals surface area contributed by atoms with Gasteiger partial charge in [-0.15, -0.1) is 0 Å². The molecule has 1 aliphatic heterocycles. The Morgan fingerprint density at radius 1 is 1.00 bits per heavy atom. The van der Waals surface area contributed by atoms with Gasteiger partial charge in [-0.05, 0) is 55.7 Å². The molecule has 4 rings (SSSR count). The molecule has 1 aliphatic rings. The summed E-state index contributed by atoms with van der Waals surface area (Å²) >= 11 is 0. The van der Waals surface area contributed by atoms with Crippen LogP contribution in [0, 0.1) is 6.92 Å². The van der Waals surface area contributed by atoms with E-state index in [9.17, 15) is 0 Å². The van der Waals surface area contributed by atoms with E-state index in [0.717, 1.165) is 25.4 Å². The lowest BCUT2D eigenvalue weighted by Crippen LogP contribution is -2.29. The molecule has 0 saturated carbocycles. The Morgan fingerprint density at radius 2 is 1.85 bits per heavy atom. The highest BCUT2D eigenvalue weighted by molar-refractivity contribution is 5.33. The Labute approximate surface area is 162 Å². The Bertz CT molecular complexity index is 881. The van der Waals surface area contributed by atoms with Gasteiger partial charge in [0.05, 0.1) is 12.6 Å². The highest BCUT2D eigenvalue weighted by Crippen LogP contribution is 2.33. The van der Waals surface area contributed by atoms with Crippen LogP contribution in [-0.4, -0.2) is 22.6 Å². The third-order valence-electron chi connectivity index (χ3n) is 5.33. The van der Waals surface area contributed by atoms with Crippen molar-refractivity contribution in [3.8, 4) is 5.75 Å². The average molecular weight is 361 g/mol. The molecule has 3 nitrogen and oxygen atoms in total. The topological polar surface area (TPSA) is 17.4 Å². The minimum atomic E-state index is 0.286. The standard InChI is InChI=1S/C24H28N2O/c1-3-27-22-12-10-20(11-13-22)18-26-16-6-15-25-14-5-9-23(25)24(26)21-8-4-7-19(2)17-21/h4-5,7-14,17,24H,3,6,15-16,18H2,1-2H3. The number of aromatic nitrogens is 1. The fourth-order valence-electron chi connectivity index (χ4n) is 4.12. The third kappa shape index (κ3) is 3.93. The maximum Gasteiger partial charge on any atom is 0.119 e. The Hall–Kier alpha value is -2.52. The zero-order valence-corrected chi connectivity index (χ0v) is 16.3. The van der Waals surface area contributed by atoms with Gasteiger partial charge in [0.15, 0.2) is 0 Å². The van der Waals surface area contributed by atoms with Crippen molar-refractivity contribution in [2.75, 3.05) is 13.2 Å². The highest BCUT2D eigenvalue weighted by atomic mass is 16.5. The zero-order valence-electron chi connectivity index (χ0n) is 16.3. The van der Waals surface area contributed by atoms with E-state index in [1.165, 1.54) is 28.8 Å². The van der Waals surface area contributed by atoms with Crippen LogP contribution in [0.2, 0.25) is 0 Å². The number of hydrogen-bond donors (Lipinski definition) is 0. The number of hydrogen-bond acceptors (Lipinski definition) is 2. The first-order chi connectivity index (χ1) is 13.2. The van der Waals surface area contributed by atoms with Crippen molar-refractivity contribution in [3.05, 3.63) is 89.2 Å². The number of benzene rings is 2. The van der Waals surface area contributed by atoms with Crippen molar-refractivity contribution < 1.29 is 4.74 Å². The molecule has 0 N–H and O–H groups in total. The van der Waals surface area contributed by atoms with Crippen LogP contribution in [-0.2, 0) is 13.1 Å². The minimum absolute atomic E-state index is 0.286. The summed E-state index contributed by atoms with van der Waals surface area (Å²) in [5.74, 6) is 0.946. The maximum atomic E-state index is 5.59. The van der Waals surface area contributed by atoms with Crippen molar-refractivity contribution in [1.29, 1.82) is 0 Å². The van der Waals surface area contributed by atoms with E-state index in [4.69, 9.17) is 4.74 Å². The van der Waals surface area contributed by atoms with Crippen LogP contribution < -0.4 is 4.74 Å². The molecule has 3 heteroatoms. The lowest BCUT2D eigenvalue weighted by Gasteiger charge is -2.31. The molecule has 1 unspecified atom stereocenters. The molecule has 0 aliphatic carbocycles. The predicted molar refractivity (Wildman–Crippen MR) is 110 cm³/mol.